The topological polar surface area (TPSA) is 80.5 Å². The van der Waals surface area contributed by atoms with Crippen LogP contribution in [-0.4, -0.2) is 73.0 Å². The highest BCUT2D eigenvalue weighted by Crippen LogP contribution is 2.42. The number of carbonyl (C=O) groups is 2. The maximum atomic E-state index is 13.4. The van der Waals surface area contributed by atoms with Crippen LogP contribution >= 0.6 is 0 Å². The summed E-state index contributed by atoms with van der Waals surface area (Å²) in [7, 11) is 4.01. The summed E-state index contributed by atoms with van der Waals surface area (Å²) in [6, 6.07) is 6.34. The summed E-state index contributed by atoms with van der Waals surface area (Å²) in [6.45, 7) is 4.65. The first-order chi connectivity index (χ1) is 14.5. The SMILES string of the molecule is CCN(C(=O)NCCCN(C)C)C(=O)c1[nH]c2cccc3c2c1C[C@H]1NCCC[C@H]31. The summed E-state index contributed by atoms with van der Waals surface area (Å²) < 4.78 is 0. The minimum atomic E-state index is -0.322. The molecule has 1 fully saturated rings. The third-order valence-electron chi connectivity index (χ3n) is 6.45. The number of amides is 3. The fourth-order valence-corrected chi connectivity index (χ4v) is 5.00. The van der Waals surface area contributed by atoms with Gasteiger partial charge in [0.1, 0.15) is 5.69 Å². The zero-order valence-electron chi connectivity index (χ0n) is 18.3. The van der Waals surface area contributed by atoms with Crippen molar-refractivity contribution in [2.24, 2.45) is 0 Å². The fraction of sp³-hybridized carbons (Fsp3) is 0.565. The molecule has 2 heterocycles. The molecule has 1 aliphatic carbocycles. The Morgan fingerprint density at radius 3 is 2.87 bits per heavy atom. The molecule has 0 unspecified atom stereocenters. The van der Waals surface area contributed by atoms with Crippen molar-refractivity contribution in [3.63, 3.8) is 0 Å². The number of benzene rings is 1. The largest absolute Gasteiger partial charge is 0.350 e. The summed E-state index contributed by atoms with van der Waals surface area (Å²) >= 11 is 0. The number of urea groups is 1. The lowest BCUT2D eigenvalue weighted by Crippen LogP contribution is -2.45. The number of carbonyl (C=O) groups excluding carboxylic acids is 2. The second-order valence-electron chi connectivity index (χ2n) is 8.70. The van der Waals surface area contributed by atoms with Gasteiger partial charge in [0.2, 0.25) is 0 Å². The summed E-state index contributed by atoms with van der Waals surface area (Å²) in [5.74, 6) is 0.255. The van der Waals surface area contributed by atoms with Crippen molar-refractivity contribution in [1.82, 2.24) is 25.4 Å². The molecule has 1 aliphatic heterocycles. The van der Waals surface area contributed by atoms with E-state index in [4.69, 9.17) is 0 Å². The number of hydrogen-bond donors (Lipinski definition) is 3. The van der Waals surface area contributed by atoms with Crippen LogP contribution in [0.2, 0.25) is 0 Å². The first-order valence-electron chi connectivity index (χ1n) is 11.1. The van der Waals surface area contributed by atoms with Gasteiger partial charge in [0.05, 0.1) is 0 Å². The number of aromatic nitrogens is 1. The van der Waals surface area contributed by atoms with Gasteiger partial charge in [-0.1, -0.05) is 12.1 Å². The Bertz CT molecular complexity index is 935. The molecule has 0 bridgehead atoms. The quantitative estimate of drug-likeness (QED) is 0.639. The van der Waals surface area contributed by atoms with Gasteiger partial charge in [-0.25, -0.2) is 4.79 Å². The number of fused-ring (bicyclic) bond motifs is 2. The number of aromatic amines is 1. The van der Waals surface area contributed by atoms with E-state index in [0.29, 0.717) is 30.7 Å². The molecule has 0 saturated carbocycles. The standard InChI is InChI=1S/C23H33N5O2/c1-4-28(23(30)25-12-7-13-27(2)3)22(29)21-17-14-19-15(9-6-11-24-19)16-8-5-10-18(26-21)20(16)17/h5,8,10,15,19,24,26H,4,6-7,9,11-14H2,1-3H3,(H,25,30)/t15-,19-/m1/s1. The molecule has 4 rings (SSSR count). The molecule has 2 aliphatic rings. The van der Waals surface area contributed by atoms with Crippen LogP contribution in [0.3, 0.4) is 0 Å². The van der Waals surface area contributed by atoms with E-state index in [2.05, 4.69) is 32.7 Å². The van der Waals surface area contributed by atoms with Crippen molar-refractivity contribution >= 4 is 22.8 Å². The minimum Gasteiger partial charge on any atom is -0.350 e. The van der Waals surface area contributed by atoms with Crippen molar-refractivity contribution in [2.75, 3.05) is 40.3 Å². The first kappa shape index (κ1) is 20.9. The molecule has 162 valence electrons. The van der Waals surface area contributed by atoms with E-state index in [1.54, 1.807) is 0 Å². The number of piperidine rings is 1. The van der Waals surface area contributed by atoms with Gasteiger partial charge in [0.25, 0.3) is 5.91 Å². The van der Waals surface area contributed by atoms with Crippen LogP contribution in [0.1, 0.15) is 53.7 Å². The lowest BCUT2D eigenvalue weighted by molar-refractivity contribution is 0.0801. The minimum absolute atomic E-state index is 0.242. The Balaban J connectivity index is 1.59. The molecule has 1 aromatic carbocycles. The average molecular weight is 412 g/mol. The van der Waals surface area contributed by atoms with Gasteiger partial charge < -0.3 is 20.5 Å². The van der Waals surface area contributed by atoms with Crippen LogP contribution in [0.15, 0.2) is 18.2 Å². The summed E-state index contributed by atoms with van der Waals surface area (Å²) in [6.07, 6.45) is 4.03. The number of H-pyrrole nitrogens is 1. The molecule has 3 amide bonds. The molecule has 7 heteroatoms. The molecule has 0 radical (unpaired) electrons. The molecule has 2 aromatic rings. The van der Waals surface area contributed by atoms with Crippen LogP contribution in [0.4, 0.5) is 4.79 Å². The fourth-order valence-electron chi connectivity index (χ4n) is 5.00. The number of nitrogens with zero attached hydrogens (tertiary/aromatic N) is 2. The molecule has 1 aromatic heterocycles. The van der Waals surface area contributed by atoms with Crippen LogP contribution < -0.4 is 10.6 Å². The van der Waals surface area contributed by atoms with Gasteiger partial charge in [0.15, 0.2) is 0 Å². The van der Waals surface area contributed by atoms with Gasteiger partial charge in [-0.15, -0.1) is 0 Å². The lowest BCUT2D eigenvalue weighted by atomic mass is 9.75. The number of imide groups is 1. The molecule has 2 atom stereocenters. The normalized spacial score (nSPS) is 20.3. The molecule has 30 heavy (non-hydrogen) atoms. The van der Waals surface area contributed by atoms with E-state index in [1.807, 2.05) is 27.1 Å². The predicted molar refractivity (Wildman–Crippen MR) is 119 cm³/mol. The van der Waals surface area contributed by atoms with E-state index in [9.17, 15) is 9.59 Å². The van der Waals surface area contributed by atoms with Crippen LogP contribution in [-0.2, 0) is 6.42 Å². The third kappa shape index (κ3) is 3.84. The van der Waals surface area contributed by atoms with Crippen molar-refractivity contribution < 1.29 is 9.59 Å². The molecule has 0 spiro atoms. The Morgan fingerprint density at radius 2 is 2.10 bits per heavy atom. The highest BCUT2D eigenvalue weighted by molar-refractivity contribution is 6.08. The smallest absolute Gasteiger partial charge is 0.324 e. The Hall–Kier alpha value is -2.38. The van der Waals surface area contributed by atoms with Crippen molar-refractivity contribution in [1.29, 1.82) is 0 Å². The average Bonchev–Trinajstić information content (AvgIpc) is 3.11. The zero-order chi connectivity index (χ0) is 21.3. The molecule has 7 nitrogen and oxygen atoms in total. The first-order valence-corrected chi connectivity index (χ1v) is 11.1. The van der Waals surface area contributed by atoms with Gasteiger partial charge in [-0.05, 0) is 77.0 Å². The highest BCUT2D eigenvalue weighted by Gasteiger charge is 2.36. The van der Waals surface area contributed by atoms with Gasteiger partial charge in [-0.2, -0.15) is 0 Å². The number of rotatable bonds is 6. The summed E-state index contributed by atoms with van der Waals surface area (Å²) in [4.78, 5) is 32.9. The molecular weight excluding hydrogens is 378 g/mol. The lowest BCUT2D eigenvalue weighted by Gasteiger charge is -2.37. The van der Waals surface area contributed by atoms with E-state index >= 15 is 0 Å². The second kappa shape index (κ2) is 8.78. The van der Waals surface area contributed by atoms with E-state index in [0.717, 1.165) is 37.0 Å². The molecule has 1 saturated heterocycles. The Morgan fingerprint density at radius 1 is 1.27 bits per heavy atom. The number of nitrogens with one attached hydrogen (secondary N) is 3. The van der Waals surface area contributed by atoms with Gasteiger partial charge in [0, 0.05) is 36.0 Å². The van der Waals surface area contributed by atoms with Crippen molar-refractivity contribution in [3.8, 4) is 0 Å². The second-order valence-corrected chi connectivity index (χ2v) is 8.70. The Labute approximate surface area is 178 Å². The van der Waals surface area contributed by atoms with Crippen molar-refractivity contribution in [3.05, 3.63) is 35.0 Å². The Kier molecular flexibility index (Phi) is 6.11. The van der Waals surface area contributed by atoms with E-state index in [1.165, 1.54) is 28.7 Å². The maximum Gasteiger partial charge on any atom is 0.324 e. The maximum absolute atomic E-state index is 13.4. The van der Waals surface area contributed by atoms with Gasteiger partial charge >= 0.3 is 6.03 Å². The molecule has 3 N–H and O–H groups in total. The van der Waals surface area contributed by atoms with Gasteiger partial charge in [-0.3, -0.25) is 9.69 Å². The highest BCUT2D eigenvalue weighted by atomic mass is 16.2. The molecular formula is C23H33N5O2. The van der Waals surface area contributed by atoms with Crippen molar-refractivity contribution in [2.45, 2.75) is 44.6 Å². The zero-order valence-corrected chi connectivity index (χ0v) is 18.3. The predicted octanol–water partition coefficient (Wildman–Crippen LogP) is 2.68. The monoisotopic (exact) mass is 411 g/mol. The summed E-state index contributed by atoms with van der Waals surface area (Å²) in [5.41, 5.74) is 3.95. The third-order valence-corrected chi connectivity index (χ3v) is 6.45. The summed E-state index contributed by atoms with van der Waals surface area (Å²) in [5, 5.41) is 7.73. The van der Waals surface area contributed by atoms with Crippen LogP contribution in [0.25, 0.3) is 10.9 Å². The van der Waals surface area contributed by atoms with E-state index < -0.39 is 0 Å². The number of hydrogen-bond acceptors (Lipinski definition) is 4. The van der Waals surface area contributed by atoms with E-state index in [-0.39, 0.29) is 11.9 Å². The van der Waals surface area contributed by atoms with Crippen LogP contribution in [0.5, 0.6) is 0 Å². The van der Waals surface area contributed by atoms with Crippen LogP contribution in [0, 0.1) is 0 Å².